The first kappa shape index (κ1) is 19.1. The molecule has 2 fully saturated rings. The third kappa shape index (κ3) is 3.07. The largest absolute Gasteiger partial charge is 0.397 e. The minimum atomic E-state index is -0.599. The van der Waals surface area contributed by atoms with Crippen molar-refractivity contribution in [3.8, 4) is 0 Å². The summed E-state index contributed by atoms with van der Waals surface area (Å²) >= 11 is 0. The molecular formula is C20H24FN6O3+. The Morgan fingerprint density at radius 3 is 2.60 bits per heavy atom. The second kappa shape index (κ2) is 7.44. The first-order valence-electron chi connectivity index (χ1n) is 10.2. The molecule has 3 amide bonds. The average Bonchev–Trinajstić information content (AvgIpc) is 3.33. The molecule has 0 N–H and O–H groups in total. The van der Waals surface area contributed by atoms with Gasteiger partial charge in [-0.1, -0.05) is 4.99 Å². The van der Waals surface area contributed by atoms with Crippen LogP contribution >= 0.6 is 0 Å². The van der Waals surface area contributed by atoms with Gasteiger partial charge in [-0.15, -0.1) is 0 Å². The minimum Gasteiger partial charge on any atom is -0.379 e. The third-order valence-corrected chi connectivity index (χ3v) is 6.08. The summed E-state index contributed by atoms with van der Waals surface area (Å²) in [6.45, 7) is 5.18. The number of nitrogens with zero attached hydrogens (tertiary/aromatic N) is 6. The summed E-state index contributed by atoms with van der Waals surface area (Å²) in [4.78, 5) is 37.8. The molecule has 30 heavy (non-hydrogen) atoms. The molecular weight excluding hydrogens is 391 g/mol. The van der Waals surface area contributed by atoms with Crippen molar-refractivity contribution in [2.75, 3.05) is 64.4 Å². The van der Waals surface area contributed by atoms with E-state index < -0.39 is 6.04 Å². The van der Waals surface area contributed by atoms with Crippen molar-refractivity contribution in [3.05, 3.63) is 30.1 Å². The smallest absolute Gasteiger partial charge is 0.379 e. The Labute approximate surface area is 173 Å². The highest BCUT2D eigenvalue weighted by Crippen LogP contribution is 2.27. The fourth-order valence-electron chi connectivity index (χ4n) is 4.40. The topological polar surface area (TPSA) is 71.7 Å². The standard InChI is InChI=1S/C20H24FN6O3/c1-23-17-16(18(28)27(20(23)29)7-6-24-10-12-30-13-11-24)26-9-8-25(19(26)22-17)15-4-2-14(21)3-5-15/h2-5,16H,6-13H2,1H3/q+1. The van der Waals surface area contributed by atoms with E-state index in [1.165, 1.54) is 21.9 Å². The molecule has 0 aliphatic carbocycles. The van der Waals surface area contributed by atoms with Crippen LogP contribution in [0.15, 0.2) is 29.3 Å². The monoisotopic (exact) mass is 415 g/mol. The van der Waals surface area contributed by atoms with Gasteiger partial charge in [0, 0.05) is 33.2 Å². The summed E-state index contributed by atoms with van der Waals surface area (Å²) in [5.41, 5.74) is 0.808. The fraction of sp³-hybridized carbons (Fsp3) is 0.500. The molecule has 2 saturated heterocycles. The van der Waals surface area contributed by atoms with Crippen molar-refractivity contribution in [2.45, 2.75) is 6.04 Å². The zero-order chi connectivity index (χ0) is 20.8. The van der Waals surface area contributed by atoms with E-state index in [1.54, 1.807) is 19.2 Å². The predicted octanol–water partition coefficient (Wildman–Crippen LogP) is 0.0211. The molecule has 0 bridgehead atoms. The summed E-state index contributed by atoms with van der Waals surface area (Å²) in [6.07, 6.45) is 0. The summed E-state index contributed by atoms with van der Waals surface area (Å²) in [7, 11) is 1.66. The second-order valence-corrected chi connectivity index (χ2v) is 7.78. The quantitative estimate of drug-likeness (QED) is 0.649. The number of morpholine rings is 1. The number of imide groups is 1. The lowest BCUT2D eigenvalue weighted by molar-refractivity contribution is -0.525. The molecule has 0 radical (unpaired) electrons. The lowest BCUT2D eigenvalue weighted by Gasteiger charge is -2.35. The van der Waals surface area contributed by atoms with Crippen molar-refractivity contribution < 1.29 is 23.3 Å². The van der Waals surface area contributed by atoms with Crippen LogP contribution in [0.1, 0.15) is 0 Å². The Hall–Kier alpha value is -2.85. The SMILES string of the molecule is CN1C(=O)N(CCN2CCOCC2)C(=O)C2C1=NC1=[N+]2CCN1c1ccc(F)cc1. The Morgan fingerprint density at radius 2 is 1.87 bits per heavy atom. The summed E-state index contributed by atoms with van der Waals surface area (Å²) in [5.74, 6) is 0.544. The maximum absolute atomic E-state index is 13.3. The lowest BCUT2D eigenvalue weighted by atomic mass is 10.1. The molecule has 1 unspecified atom stereocenters. The first-order chi connectivity index (χ1) is 14.5. The fourth-order valence-corrected chi connectivity index (χ4v) is 4.40. The van der Waals surface area contributed by atoms with Gasteiger partial charge in [0.2, 0.25) is 11.9 Å². The van der Waals surface area contributed by atoms with Crippen molar-refractivity contribution >= 4 is 29.4 Å². The Bertz CT molecular complexity index is 940. The van der Waals surface area contributed by atoms with Crippen LogP contribution in [0.4, 0.5) is 14.9 Å². The molecule has 0 saturated carbocycles. The Balaban J connectivity index is 1.38. The number of likely N-dealkylation sites (N-methyl/N-ethyl adjacent to an activating group) is 1. The number of amidine groups is 1. The number of carbonyl (C=O) groups is 2. The van der Waals surface area contributed by atoms with E-state index in [1.807, 2.05) is 9.48 Å². The van der Waals surface area contributed by atoms with Crippen LogP contribution in [0.25, 0.3) is 0 Å². The van der Waals surface area contributed by atoms with Crippen molar-refractivity contribution in [3.63, 3.8) is 0 Å². The summed E-state index contributed by atoms with van der Waals surface area (Å²) < 4.78 is 20.6. The van der Waals surface area contributed by atoms with Gasteiger partial charge in [-0.05, 0) is 24.3 Å². The highest BCUT2D eigenvalue weighted by Gasteiger charge is 2.55. The number of ether oxygens (including phenoxy) is 1. The summed E-state index contributed by atoms with van der Waals surface area (Å²) in [5, 5.41) is 0. The molecule has 4 heterocycles. The molecule has 1 aromatic rings. The van der Waals surface area contributed by atoms with Gasteiger partial charge >= 0.3 is 12.0 Å². The summed E-state index contributed by atoms with van der Waals surface area (Å²) in [6, 6.07) is 5.25. The highest BCUT2D eigenvalue weighted by atomic mass is 19.1. The number of rotatable bonds is 4. The number of guanidine groups is 1. The molecule has 9 nitrogen and oxygen atoms in total. The van der Waals surface area contributed by atoms with Crippen LogP contribution in [-0.2, 0) is 9.53 Å². The van der Waals surface area contributed by atoms with E-state index in [4.69, 9.17) is 4.74 Å². The van der Waals surface area contributed by atoms with Crippen LogP contribution in [-0.4, -0.2) is 109 Å². The number of aliphatic imine (C=N–C) groups is 1. The maximum Gasteiger partial charge on any atom is 0.397 e. The molecule has 1 aromatic carbocycles. The van der Waals surface area contributed by atoms with E-state index in [0.717, 1.165) is 18.8 Å². The second-order valence-electron chi connectivity index (χ2n) is 7.78. The Kier molecular flexibility index (Phi) is 4.75. The number of carbonyl (C=O) groups excluding carboxylic acids is 2. The molecule has 158 valence electrons. The normalized spacial score (nSPS) is 24.5. The van der Waals surface area contributed by atoms with Crippen LogP contribution < -0.4 is 4.90 Å². The molecule has 0 aromatic heterocycles. The molecule has 0 spiro atoms. The van der Waals surface area contributed by atoms with Crippen LogP contribution in [0, 0.1) is 5.82 Å². The van der Waals surface area contributed by atoms with Gasteiger partial charge in [0.1, 0.15) is 18.0 Å². The zero-order valence-corrected chi connectivity index (χ0v) is 16.8. The van der Waals surface area contributed by atoms with E-state index in [0.29, 0.717) is 51.2 Å². The number of benzene rings is 1. The number of amides is 3. The van der Waals surface area contributed by atoms with E-state index >= 15 is 0 Å². The van der Waals surface area contributed by atoms with Crippen molar-refractivity contribution in [1.29, 1.82) is 0 Å². The molecule has 4 aliphatic heterocycles. The van der Waals surface area contributed by atoms with Crippen molar-refractivity contribution in [2.24, 2.45) is 4.99 Å². The van der Waals surface area contributed by atoms with E-state index in [2.05, 4.69) is 9.89 Å². The van der Waals surface area contributed by atoms with E-state index in [-0.39, 0.29) is 17.8 Å². The highest BCUT2D eigenvalue weighted by molar-refractivity contribution is 6.24. The molecule has 4 aliphatic rings. The first-order valence-corrected chi connectivity index (χ1v) is 10.2. The number of hydrogen-bond donors (Lipinski definition) is 0. The zero-order valence-electron chi connectivity index (χ0n) is 16.8. The van der Waals surface area contributed by atoms with Gasteiger partial charge in [0.15, 0.2) is 0 Å². The van der Waals surface area contributed by atoms with E-state index in [9.17, 15) is 14.0 Å². The minimum absolute atomic E-state index is 0.235. The molecule has 1 atom stereocenters. The molecule has 10 heteroatoms. The predicted molar refractivity (Wildman–Crippen MR) is 107 cm³/mol. The number of halogens is 1. The number of fused-ring (bicyclic) bond motifs is 2. The Morgan fingerprint density at radius 1 is 1.13 bits per heavy atom. The maximum atomic E-state index is 13.3. The lowest BCUT2D eigenvalue weighted by Crippen LogP contribution is -2.63. The van der Waals surface area contributed by atoms with Gasteiger partial charge in [-0.3, -0.25) is 19.5 Å². The number of hydrogen-bond acceptors (Lipinski definition) is 6. The van der Waals surface area contributed by atoms with Crippen LogP contribution in [0.5, 0.6) is 0 Å². The van der Waals surface area contributed by atoms with Crippen LogP contribution in [0.2, 0.25) is 0 Å². The van der Waals surface area contributed by atoms with Gasteiger partial charge in [0.05, 0.1) is 19.8 Å². The van der Waals surface area contributed by atoms with Crippen molar-refractivity contribution in [1.82, 2.24) is 14.7 Å². The van der Waals surface area contributed by atoms with Crippen LogP contribution in [0.3, 0.4) is 0 Å². The third-order valence-electron chi connectivity index (χ3n) is 6.08. The number of urea groups is 1. The number of anilines is 1. The van der Waals surface area contributed by atoms with Gasteiger partial charge in [-0.2, -0.15) is 0 Å². The van der Waals surface area contributed by atoms with Gasteiger partial charge in [-0.25, -0.2) is 18.7 Å². The van der Waals surface area contributed by atoms with Gasteiger partial charge < -0.3 is 4.74 Å². The van der Waals surface area contributed by atoms with Gasteiger partial charge in [0.25, 0.3) is 5.91 Å². The molecule has 5 rings (SSSR count). The average molecular weight is 415 g/mol.